The van der Waals surface area contributed by atoms with Crippen molar-refractivity contribution in [1.29, 1.82) is 0 Å². The first kappa shape index (κ1) is 12.3. The van der Waals surface area contributed by atoms with Crippen molar-refractivity contribution >= 4 is 11.6 Å². The number of rotatable bonds is 4. The lowest BCUT2D eigenvalue weighted by Gasteiger charge is -2.22. The van der Waals surface area contributed by atoms with Gasteiger partial charge in [0.25, 0.3) is 0 Å². The molecule has 0 amide bonds. The zero-order valence-electron chi connectivity index (χ0n) is 9.31. The second-order valence-corrected chi connectivity index (χ2v) is 4.63. The van der Waals surface area contributed by atoms with Crippen LogP contribution in [-0.4, -0.2) is 11.6 Å². The highest BCUT2D eigenvalue weighted by atomic mass is 16.1. The molecule has 0 heterocycles. The summed E-state index contributed by atoms with van der Waals surface area (Å²) in [5, 5.41) is 0. The zero-order chi connectivity index (χ0) is 10.6. The van der Waals surface area contributed by atoms with Crippen molar-refractivity contribution in [1.82, 2.24) is 0 Å². The fourth-order valence-electron chi connectivity index (χ4n) is 1.38. The number of Topliss-reactive ketones (excluding diaryl/α,β-unsaturated/α-hetero) is 2. The maximum absolute atomic E-state index is 11.8. The Kier molecular flexibility index (Phi) is 4.31. The van der Waals surface area contributed by atoms with Crippen molar-refractivity contribution in [3.63, 3.8) is 0 Å². The molecule has 2 nitrogen and oxygen atoms in total. The van der Waals surface area contributed by atoms with Crippen LogP contribution in [0.5, 0.6) is 0 Å². The average Bonchev–Trinajstić information content (AvgIpc) is 1.96. The molecule has 0 aromatic heterocycles. The quantitative estimate of drug-likeness (QED) is 0.673. The molecule has 0 saturated heterocycles. The number of hydrogen-bond acceptors (Lipinski definition) is 2. The van der Waals surface area contributed by atoms with Gasteiger partial charge in [-0.3, -0.25) is 4.79 Å². The van der Waals surface area contributed by atoms with Crippen molar-refractivity contribution in [2.75, 3.05) is 0 Å². The Labute approximate surface area is 80.7 Å². The molecule has 0 aliphatic carbocycles. The molecule has 76 valence electrons. The van der Waals surface area contributed by atoms with Crippen LogP contribution >= 0.6 is 0 Å². The molecule has 0 N–H and O–H groups in total. The minimum atomic E-state index is -0.323. The minimum Gasteiger partial charge on any atom is -0.300 e. The molecule has 0 bridgehead atoms. The van der Waals surface area contributed by atoms with Gasteiger partial charge >= 0.3 is 0 Å². The summed E-state index contributed by atoms with van der Waals surface area (Å²) in [7, 11) is 0. The second kappa shape index (κ2) is 4.54. The molecule has 13 heavy (non-hydrogen) atoms. The van der Waals surface area contributed by atoms with Crippen molar-refractivity contribution < 1.29 is 9.59 Å². The summed E-state index contributed by atoms with van der Waals surface area (Å²) in [6.07, 6.45) is 1.16. The lowest BCUT2D eigenvalue weighted by atomic mass is 9.80. The smallest absolute Gasteiger partial charge is 0.141 e. The maximum atomic E-state index is 11.8. The van der Waals surface area contributed by atoms with Crippen molar-refractivity contribution in [2.24, 2.45) is 11.3 Å². The van der Waals surface area contributed by atoms with E-state index >= 15 is 0 Å². The summed E-state index contributed by atoms with van der Waals surface area (Å²) < 4.78 is 0. The monoisotopic (exact) mass is 184 g/mol. The zero-order valence-corrected chi connectivity index (χ0v) is 9.31. The van der Waals surface area contributed by atoms with E-state index in [2.05, 4.69) is 0 Å². The highest BCUT2D eigenvalue weighted by Gasteiger charge is 2.28. The van der Waals surface area contributed by atoms with Gasteiger partial charge in [0, 0.05) is 17.8 Å². The van der Waals surface area contributed by atoms with E-state index in [1.807, 2.05) is 27.7 Å². The minimum absolute atomic E-state index is 0.0856. The van der Waals surface area contributed by atoms with E-state index in [-0.39, 0.29) is 22.9 Å². The first-order valence-electron chi connectivity index (χ1n) is 4.82. The van der Waals surface area contributed by atoms with Crippen molar-refractivity contribution in [2.45, 2.75) is 47.5 Å². The number of carbonyl (C=O) groups excluding carboxylic acids is 2. The molecule has 0 aromatic carbocycles. The van der Waals surface area contributed by atoms with Crippen LogP contribution in [0.3, 0.4) is 0 Å². The topological polar surface area (TPSA) is 34.1 Å². The maximum Gasteiger partial charge on any atom is 0.141 e. The SMILES string of the molecule is CCC(CC(C)=O)C(=O)C(C)(C)C. The Bertz CT molecular complexity index is 199. The summed E-state index contributed by atoms with van der Waals surface area (Å²) in [5.74, 6) is 0.215. The molecule has 2 heteroatoms. The van der Waals surface area contributed by atoms with Gasteiger partial charge in [-0.1, -0.05) is 27.7 Å². The van der Waals surface area contributed by atoms with Gasteiger partial charge in [0.05, 0.1) is 0 Å². The highest BCUT2D eigenvalue weighted by molar-refractivity contribution is 5.90. The van der Waals surface area contributed by atoms with Gasteiger partial charge in [-0.15, -0.1) is 0 Å². The molecule has 0 aromatic rings. The van der Waals surface area contributed by atoms with Gasteiger partial charge in [-0.05, 0) is 13.3 Å². The van der Waals surface area contributed by atoms with E-state index in [9.17, 15) is 9.59 Å². The number of carbonyl (C=O) groups is 2. The van der Waals surface area contributed by atoms with Crippen LogP contribution < -0.4 is 0 Å². The molecule has 0 aliphatic rings. The fraction of sp³-hybridized carbons (Fsp3) is 0.818. The van der Waals surface area contributed by atoms with E-state index in [0.29, 0.717) is 6.42 Å². The summed E-state index contributed by atoms with van der Waals surface area (Å²) in [4.78, 5) is 22.7. The third-order valence-corrected chi connectivity index (χ3v) is 2.14. The lowest BCUT2D eigenvalue weighted by Crippen LogP contribution is -2.29. The Morgan fingerprint density at radius 2 is 1.69 bits per heavy atom. The molecule has 0 aliphatic heterocycles. The molecule has 0 rings (SSSR count). The van der Waals surface area contributed by atoms with Gasteiger partial charge in [0.1, 0.15) is 11.6 Å². The Hall–Kier alpha value is -0.660. The van der Waals surface area contributed by atoms with Gasteiger partial charge in [0.2, 0.25) is 0 Å². The highest BCUT2D eigenvalue weighted by Crippen LogP contribution is 2.24. The molecular weight excluding hydrogens is 164 g/mol. The Morgan fingerprint density at radius 3 is 1.92 bits per heavy atom. The van der Waals surface area contributed by atoms with E-state index in [4.69, 9.17) is 0 Å². The molecule has 0 fully saturated rings. The van der Waals surface area contributed by atoms with Gasteiger partial charge < -0.3 is 4.79 Å². The van der Waals surface area contributed by atoms with Crippen LogP contribution in [0.25, 0.3) is 0 Å². The average molecular weight is 184 g/mol. The van der Waals surface area contributed by atoms with Crippen LogP contribution in [0, 0.1) is 11.3 Å². The normalized spacial score (nSPS) is 13.9. The van der Waals surface area contributed by atoms with Gasteiger partial charge in [-0.25, -0.2) is 0 Å². The molecule has 0 saturated carbocycles. The van der Waals surface area contributed by atoms with Crippen molar-refractivity contribution in [3.8, 4) is 0 Å². The predicted octanol–water partition coefficient (Wildman–Crippen LogP) is 2.61. The van der Waals surface area contributed by atoms with E-state index in [1.165, 1.54) is 0 Å². The molecule has 1 unspecified atom stereocenters. The van der Waals surface area contributed by atoms with Gasteiger partial charge in [0.15, 0.2) is 0 Å². The first-order chi connectivity index (χ1) is 5.79. The van der Waals surface area contributed by atoms with Crippen LogP contribution in [0.15, 0.2) is 0 Å². The summed E-state index contributed by atoms with van der Waals surface area (Å²) in [6.45, 7) is 9.20. The van der Waals surface area contributed by atoms with Crippen LogP contribution in [0.4, 0.5) is 0 Å². The Balaban J connectivity index is 4.41. The summed E-state index contributed by atoms with van der Waals surface area (Å²) in [5.41, 5.74) is -0.323. The number of hydrogen-bond donors (Lipinski definition) is 0. The molecular formula is C11H20O2. The predicted molar refractivity (Wildman–Crippen MR) is 53.5 cm³/mol. The van der Waals surface area contributed by atoms with Gasteiger partial charge in [-0.2, -0.15) is 0 Å². The molecule has 0 spiro atoms. The third kappa shape index (κ3) is 4.20. The fourth-order valence-corrected chi connectivity index (χ4v) is 1.38. The summed E-state index contributed by atoms with van der Waals surface area (Å²) >= 11 is 0. The third-order valence-electron chi connectivity index (χ3n) is 2.14. The second-order valence-electron chi connectivity index (χ2n) is 4.63. The van der Waals surface area contributed by atoms with E-state index < -0.39 is 0 Å². The molecule has 0 radical (unpaired) electrons. The molecule has 1 atom stereocenters. The lowest BCUT2D eigenvalue weighted by molar-refractivity contribution is -0.133. The van der Waals surface area contributed by atoms with Crippen LogP contribution in [0.2, 0.25) is 0 Å². The summed E-state index contributed by atoms with van der Waals surface area (Å²) in [6, 6.07) is 0. The largest absolute Gasteiger partial charge is 0.300 e. The Morgan fingerprint density at radius 1 is 1.23 bits per heavy atom. The van der Waals surface area contributed by atoms with Crippen LogP contribution in [-0.2, 0) is 9.59 Å². The van der Waals surface area contributed by atoms with E-state index in [0.717, 1.165) is 6.42 Å². The van der Waals surface area contributed by atoms with Crippen molar-refractivity contribution in [3.05, 3.63) is 0 Å². The van der Waals surface area contributed by atoms with E-state index in [1.54, 1.807) is 6.92 Å². The first-order valence-corrected chi connectivity index (χ1v) is 4.82. The number of ketones is 2. The standard InChI is InChI=1S/C11H20O2/c1-6-9(7-8(2)12)10(13)11(3,4)5/h9H,6-7H2,1-5H3. The van der Waals surface area contributed by atoms with Crippen LogP contribution in [0.1, 0.15) is 47.5 Å².